The highest BCUT2D eigenvalue weighted by Crippen LogP contribution is 2.32. The van der Waals surface area contributed by atoms with Gasteiger partial charge in [0.2, 0.25) is 0 Å². The zero-order valence-corrected chi connectivity index (χ0v) is 10.2. The molecule has 1 fully saturated rings. The first kappa shape index (κ1) is 11.3. The topological polar surface area (TPSA) is 55.3 Å². The first-order valence-electron chi connectivity index (χ1n) is 6.31. The van der Waals surface area contributed by atoms with Crippen LogP contribution in [0.3, 0.4) is 0 Å². The molecule has 2 N–H and O–H groups in total. The van der Waals surface area contributed by atoms with Crippen LogP contribution < -0.4 is 10.6 Å². The summed E-state index contributed by atoms with van der Waals surface area (Å²) in [7, 11) is 0. The van der Waals surface area contributed by atoms with Crippen molar-refractivity contribution in [2.75, 3.05) is 4.90 Å². The summed E-state index contributed by atoms with van der Waals surface area (Å²) in [4.78, 5) is 6.76. The summed E-state index contributed by atoms with van der Waals surface area (Å²) in [6.07, 6.45) is 6.00. The van der Waals surface area contributed by atoms with Gasteiger partial charge in [-0.25, -0.2) is 4.98 Å². The number of nitrogens with two attached hydrogens (primary N) is 1. The minimum absolute atomic E-state index is 0.550. The molecule has 1 aliphatic rings. The van der Waals surface area contributed by atoms with Gasteiger partial charge in [0.05, 0.1) is 12.8 Å². The monoisotopic (exact) mass is 243 g/mol. The first-order chi connectivity index (χ1) is 8.86. The molecule has 0 bridgehead atoms. The highest BCUT2D eigenvalue weighted by atomic mass is 16.3. The Labute approximate surface area is 106 Å². The molecule has 0 atom stereocenters. The fourth-order valence-electron chi connectivity index (χ4n) is 2.10. The van der Waals surface area contributed by atoms with Crippen LogP contribution in [0, 0.1) is 0 Å². The molecule has 0 amide bonds. The summed E-state index contributed by atoms with van der Waals surface area (Å²) in [5, 5.41) is 0. The van der Waals surface area contributed by atoms with E-state index in [0.29, 0.717) is 12.6 Å². The SMILES string of the molecule is NCc1ccnc(N(Cc2ccco2)C2CC2)c1. The molecule has 2 aromatic rings. The molecular weight excluding hydrogens is 226 g/mol. The van der Waals surface area contributed by atoms with Gasteiger partial charge in [-0.05, 0) is 42.7 Å². The minimum atomic E-state index is 0.550. The lowest BCUT2D eigenvalue weighted by Gasteiger charge is -2.22. The lowest BCUT2D eigenvalue weighted by molar-refractivity contribution is 0.500. The number of hydrogen-bond donors (Lipinski definition) is 1. The second-order valence-electron chi connectivity index (χ2n) is 4.66. The van der Waals surface area contributed by atoms with Crippen molar-refractivity contribution in [1.82, 2.24) is 4.98 Å². The van der Waals surface area contributed by atoms with Crippen molar-refractivity contribution in [2.45, 2.75) is 32.0 Å². The fourth-order valence-corrected chi connectivity index (χ4v) is 2.10. The number of aromatic nitrogens is 1. The average Bonchev–Trinajstić information content (AvgIpc) is 3.13. The summed E-state index contributed by atoms with van der Waals surface area (Å²) in [6, 6.07) is 8.55. The van der Waals surface area contributed by atoms with Crippen molar-refractivity contribution in [3.8, 4) is 0 Å². The molecule has 0 aromatic carbocycles. The number of hydrogen-bond acceptors (Lipinski definition) is 4. The molecule has 0 radical (unpaired) electrons. The second-order valence-corrected chi connectivity index (χ2v) is 4.66. The fraction of sp³-hybridized carbons (Fsp3) is 0.357. The van der Waals surface area contributed by atoms with E-state index in [2.05, 4.69) is 16.0 Å². The Kier molecular flexibility index (Phi) is 3.02. The maximum atomic E-state index is 5.68. The van der Waals surface area contributed by atoms with Gasteiger partial charge in [-0.15, -0.1) is 0 Å². The Bertz CT molecular complexity index is 506. The Balaban J connectivity index is 1.84. The molecule has 18 heavy (non-hydrogen) atoms. The van der Waals surface area contributed by atoms with E-state index in [1.807, 2.05) is 24.4 Å². The Morgan fingerprint density at radius 1 is 1.39 bits per heavy atom. The van der Waals surface area contributed by atoms with Crippen LogP contribution in [0.4, 0.5) is 5.82 Å². The summed E-state index contributed by atoms with van der Waals surface area (Å²) < 4.78 is 5.43. The van der Waals surface area contributed by atoms with Crippen molar-refractivity contribution in [3.05, 3.63) is 48.0 Å². The molecule has 4 heteroatoms. The third-order valence-electron chi connectivity index (χ3n) is 3.23. The van der Waals surface area contributed by atoms with Gasteiger partial charge in [0, 0.05) is 18.8 Å². The van der Waals surface area contributed by atoms with Crippen LogP contribution in [0.5, 0.6) is 0 Å². The van der Waals surface area contributed by atoms with Crippen molar-refractivity contribution >= 4 is 5.82 Å². The highest BCUT2D eigenvalue weighted by Gasteiger charge is 2.30. The summed E-state index contributed by atoms with van der Waals surface area (Å²) >= 11 is 0. The van der Waals surface area contributed by atoms with E-state index in [4.69, 9.17) is 10.2 Å². The third-order valence-corrected chi connectivity index (χ3v) is 3.23. The predicted molar refractivity (Wildman–Crippen MR) is 70.0 cm³/mol. The summed E-state index contributed by atoms with van der Waals surface area (Å²) in [6.45, 7) is 1.33. The minimum Gasteiger partial charge on any atom is -0.467 e. The van der Waals surface area contributed by atoms with Crippen LogP contribution in [-0.4, -0.2) is 11.0 Å². The normalized spacial score (nSPS) is 14.7. The quantitative estimate of drug-likeness (QED) is 0.875. The van der Waals surface area contributed by atoms with Crippen LogP contribution in [0.25, 0.3) is 0 Å². The molecule has 1 aliphatic carbocycles. The number of furan rings is 1. The van der Waals surface area contributed by atoms with Gasteiger partial charge < -0.3 is 15.1 Å². The molecule has 0 unspecified atom stereocenters. The molecule has 2 aromatic heterocycles. The number of pyridine rings is 1. The van der Waals surface area contributed by atoms with E-state index >= 15 is 0 Å². The van der Waals surface area contributed by atoms with Gasteiger partial charge in [0.25, 0.3) is 0 Å². The molecule has 0 aliphatic heterocycles. The van der Waals surface area contributed by atoms with Gasteiger partial charge in [0.15, 0.2) is 0 Å². The van der Waals surface area contributed by atoms with Crippen LogP contribution in [0.15, 0.2) is 41.1 Å². The van der Waals surface area contributed by atoms with Crippen LogP contribution in [-0.2, 0) is 13.1 Å². The van der Waals surface area contributed by atoms with Crippen molar-refractivity contribution in [3.63, 3.8) is 0 Å². The lowest BCUT2D eigenvalue weighted by Crippen LogP contribution is -2.25. The molecule has 4 nitrogen and oxygen atoms in total. The number of nitrogens with zero attached hydrogens (tertiary/aromatic N) is 2. The van der Waals surface area contributed by atoms with Crippen molar-refractivity contribution in [2.24, 2.45) is 5.73 Å². The second kappa shape index (κ2) is 4.82. The summed E-state index contributed by atoms with van der Waals surface area (Å²) in [5.41, 5.74) is 6.80. The Morgan fingerprint density at radius 2 is 2.28 bits per heavy atom. The molecule has 0 saturated heterocycles. The summed E-state index contributed by atoms with van der Waals surface area (Å²) in [5.74, 6) is 1.97. The van der Waals surface area contributed by atoms with E-state index in [1.54, 1.807) is 6.26 Å². The molecule has 0 spiro atoms. The van der Waals surface area contributed by atoms with Gasteiger partial charge in [0.1, 0.15) is 11.6 Å². The third kappa shape index (κ3) is 2.38. The maximum Gasteiger partial charge on any atom is 0.129 e. The Morgan fingerprint density at radius 3 is 2.94 bits per heavy atom. The standard InChI is InChI=1S/C14H17N3O/c15-9-11-5-6-16-14(8-11)17(12-3-4-12)10-13-2-1-7-18-13/h1-2,5-8,12H,3-4,9-10,15H2. The van der Waals surface area contributed by atoms with E-state index in [1.165, 1.54) is 12.8 Å². The maximum absolute atomic E-state index is 5.68. The molecule has 1 saturated carbocycles. The smallest absolute Gasteiger partial charge is 0.129 e. The first-order valence-corrected chi connectivity index (χ1v) is 6.31. The number of anilines is 1. The van der Waals surface area contributed by atoms with Crippen LogP contribution in [0.1, 0.15) is 24.2 Å². The van der Waals surface area contributed by atoms with E-state index < -0.39 is 0 Å². The van der Waals surface area contributed by atoms with Gasteiger partial charge in [-0.2, -0.15) is 0 Å². The van der Waals surface area contributed by atoms with Crippen LogP contribution >= 0.6 is 0 Å². The Hall–Kier alpha value is -1.81. The van der Waals surface area contributed by atoms with E-state index in [9.17, 15) is 0 Å². The molecular formula is C14H17N3O. The number of rotatable bonds is 5. The average molecular weight is 243 g/mol. The van der Waals surface area contributed by atoms with E-state index in [-0.39, 0.29) is 0 Å². The highest BCUT2D eigenvalue weighted by molar-refractivity contribution is 5.44. The zero-order valence-electron chi connectivity index (χ0n) is 10.2. The van der Waals surface area contributed by atoms with Crippen molar-refractivity contribution < 1.29 is 4.42 Å². The largest absolute Gasteiger partial charge is 0.467 e. The van der Waals surface area contributed by atoms with Crippen molar-refractivity contribution in [1.29, 1.82) is 0 Å². The molecule has 94 valence electrons. The molecule has 3 rings (SSSR count). The van der Waals surface area contributed by atoms with Gasteiger partial charge >= 0.3 is 0 Å². The predicted octanol–water partition coefficient (Wildman–Crippen LogP) is 2.30. The van der Waals surface area contributed by atoms with E-state index in [0.717, 1.165) is 23.7 Å². The zero-order chi connectivity index (χ0) is 12.4. The van der Waals surface area contributed by atoms with Crippen LogP contribution in [0.2, 0.25) is 0 Å². The van der Waals surface area contributed by atoms with Gasteiger partial charge in [-0.3, -0.25) is 0 Å². The van der Waals surface area contributed by atoms with Gasteiger partial charge in [-0.1, -0.05) is 0 Å². The lowest BCUT2D eigenvalue weighted by atomic mass is 10.2. The molecule has 2 heterocycles.